The molecule has 0 aliphatic rings. The van der Waals surface area contributed by atoms with E-state index in [1.54, 1.807) is 0 Å². The second-order valence-corrected chi connectivity index (χ2v) is 15.0. The van der Waals surface area contributed by atoms with Crippen molar-refractivity contribution in [2.75, 3.05) is 0 Å². The molecule has 0 saturated carbocycles. The second-order valence-electron chi connectivity index (χ2n) is 8.86. The third-order valence-electron chi connectivity index (χ3n) is 6.15. The van der Waals surface area contributed by atoms with Gasteiger partial charge in [-0.2, -0.15) is 24.3 Å². The van der Waals surface area contributed by atoms with Crippen LogP contribution in [0.15, 0.2) is 146 Å². The average molecular weight is 692 g/mol. The largest absolute Gasteiger partial charge is 2.00 e. The average Bonchev–Trinajstić information content (AvgIpc) is 3.69. The zero-order valence-electron chi connectivity index (χ0n) is 21.6. The van der Waals surface area contributed by atoms with Crippen molar-refractivity contribution >= 4 is 94.1 Å². The van der Waals surface area contributed by atoms with E-state index in [-0.39, 0.29) is 17.1 Å². The first-order chi connectivity index (χ1) is 19.5. The summed E-state index contributed by atoms with van der Waals surface area (Å²) in [4.78, 5) is 0. The van der Waals surface area contributed by atoms with Crippen LogP contribution < -0.4 is 31.8 Å². The zero-order valence-corrected chi connectivity index (χ0v) is 27.5. The van der Waals surface area contributed by atoms with E-state index in [2.05, 4.69) is 97.1 Å². The van der Waals surface area contributed by atoms with Gasteiger partial charge in [0.2, 0.25) is 0 Å². The fraction of sp³-hybridized carbons (Fsp3) is 0. The first-order valence-electron chi connectivity index (χ1n) is 12.5. The van der Waals surface area contributed by atoms with Crippen LogP contribution in [0.5, 0.6) is 0 Å². The van der Waals surface area contributed by atoms with Crippen molar-refractivity contribution in [2.45, 2.75) is 0 Å². The molecule has 41 heavy (non-hydrogen) atoms. The molecule has 6 aromatic rings. The number of hydrogen-bond donors (Lipinski definition) is 0. The van der Waals surface area contributed by atoms with Gasteiger partial charge >= 0.3 is 17.1 Å². The molecule has 206 valence electrons. The van der Waals surface area contributed by atoms with E-state index in [1.165, 1.54) is 31.8 Å². The summed E-state index contributed by atoms with van der Waals surface area (Å²) >= 11 is 24.0. The van der Waals surface area contributed by atoms with Gasteiger partial charge in [-0.05, 0) is 85.6 Å². The predicted octanol–water partition coefficient (Wildman–Crippen LogP) is 8.94. The van der Waals surface area contributed by atoms with Gasteiger partial charge in [-0.3, -0.25) is 0 Å². The van der Waals surface area contributed by atoms with Crippen molar-refractivity contribution in [3.8, 4) is 0 Å². The van der Waals surface area contributed by atoms with Crippen LogP contribution in [-0.2, 0) is 17.1 Å². The molecule has 6 aromatic carbocycles. The van der Waals surface area contributed by atoms with E-state index in [9.17, 15) is 0 Å². The van der Waals surface area contributed by atoms with E-state index >= 15 is 0 Å². The van der Waals surface area contributed by atoms with Gasteiger partial charge in [0.15, 0.2) is 0 Å². The van der Waals surface area contributed by atoms with Crippen LogP contribution in [0.1, 0.15) is 0 Å². The molecule has 0 heterocycles. The molecule has 0 aliphatic heterocycles. The summed E-state index contributed by atoms with van der Waals surface area (Å²) in [5, 5.41) is 10.9. The minimum absolute atomic E-state index is 0. The molecule has 0 amide bonds. The topological polar surface area (TPSA) is 0 Å². The molecule has 0 bridgehead atoms. The van der Waals surface area contributed by atoms with Crippen molar-refractivity contribution in [3.63, 3.8) is 0 Å². The first-order valence-corrected chi connectivity index (χ1v) is 16.7. The van der Waals surface area contributed by atoms with Gasteiger partial charge in [-0.1, -0.05) is 94.9 Å². The molecule has 0 aromatic heterocycles. The minimum Gasteiger partial charge on any atom is -0.213 e. The van der Waals surface area contributed by atoms with E-state index in [1.807, 2.05) is 48.5 Å². The van der Waals surface area contributed by atoms with Gasteiger partial charge in [0.1, 0.15) is 0 Å². The first kappa shape index (κ1) is 32.0. The van der Waals surface area contributed by atoms with Crippen LogP contribution in [0.3, 0.4) is 0 Å². The smallest absolute Gasteiger partial charge is 0.213 e. The van der Waals surface area contributed by atoms with Crippen molar-refractivity contribution in [2.24, 2.45) is 0 Å². The molecule has 6 rings (SSSR count). The number of hydrogen-bond acceptors (Lipinski definition) is 0. The number of benzene rings is 4. The van der Waals surface area contributed by atoms with Crippen LogP contribution in [0, 0.1) is 0 Å². The third-order valence-corrected chi connectivity index (χ3v) is 12.0. The Labute approximate surface area is 275 Å². The normalized spacial score (nSPS) is 10.7. The maximum absolute atomic E-state index is 6.00. The summed E-state index contributed by atoms with van der Waals surface area (Å²) in [5.41, 5.74) is 0. The number of rotatable bonds is 6. The Hall–Kier alpha value is -1.88. The standard InChI is InChI=1S/2C17H12Cl2P.Fe/c2*18-13-5-9-16(10-6-13)20(15-3-1-2-4-15)17-11-7-14(19)8-12-17;/h2*1-12H;/q2*-1;+2. The Balaban J connectivity index is 0.000000184. The van der Waals surface area contributed by atoms with Gasteiger partial charge in [0, 0.05) is 20.1 Å². The summed E-state index contributed by atoms with van der Waals surface area (Å²) in [6.45, 7) is 0. The Morgan fingerprint density at radius 1 is 0.366 bits per heavy atom. The predicted molar refractivity (Wildman–Crippen MR) is 182 cm³/mol. The maximum atomic E-state index is 6.00. The fourth-order valence-electron chi connectivity index (χ4n) is 4.28. The summed E-state index contributed by atoms with van der Waals surface area (Å²) in [7, 11) is -1.10. The molecule has 0 unspecified atom stereocenters. The van der Waals surface area contributed by atoms with Crippen molar-refractivity contribution < 1.29 is 17.1 Å². The van der Waals surface area contributed by atoms with Crippen LogP contribution in [-0.4, -0.2) is 0 Å². The summed E-state index contributed by atoms with van der Waals surface area (Å²) < 4.78 is 0. The van der Waals surface area contributed by atoms with E-state index in [0.29, 0.717) is 0 Å². The molecule has 0 fully saturated rings. The molecule has 0 aliphatic carbocycles. The van der Waals surface area contributed by atoms with Crippen LogP contribution in [0.4, 0.5) is 0 Å². The molecule has 0 nitrogen and oxygen atoms in total. The molecule has 7 heteroatoms. The minimum atomic E-state index is -0.551. The molecular formula is C34H24Cl4FeP2. The fourth-order valence-corrected chi connectivity index (χ4v) is 9.30. The molecule has 0 saturated heterocycles. The van der Waals surface area contributed by atoms with Crippen molar-refractivity contribution in [3.05, 3.63) is 166 Å². The monoisotopic (exact) mass is 690 g/mol. The quantitative estimate of drug-likeness (QED) is 0.0930. The van der Waals surface area contributed by atoms with E-state index < -0.39 is 15.8 Å². The second kappa shape index (κ2) is 15.5. The Morgan fingerprint density at radius 3 is 0.805 bits per heavy atom. The molecular weight excluding hydrogens is 668 g/mol. The van der Waals surface area contributed by atoms with Crippen LogP contribution >= 0.6 is 62.2 Å². The molecule has 0 N–H and O–H groups in total. The van der Waals surface area contributed by atoms with E-state index in [0.717, 1.165) is 20.1 Å². The Morgan fingerprint density at radius 2 is 0.610 bits per heavy atom. The van der Waals surface area contributed by atoms with Gasteiger partial charge in [-0.25, -0.2) is 24.3 Å². The SMILES string of the molecule is Clc1ccc(P(c2ccc(Cl)cc2)c2ccc[cH-]2)cc1.Clc1ccc(P(c2ccc(Cl)cc2)c2ccc[cH-]2)cc1.[Fe+2]. The number of halogens is 4. The summed E-state index contributed by atoms with van der Waals surface area (Å²) in [5.74, 6) is 0. The molecule has 0 radical (unpaired) electrons. The van der Waals surface area contributed by atoms with E-state index in [4.69, 9.17) is 46.4 Å². The molecule has 0 atom stereocenters. The third kappa shape index (κ3) is 8.58. The van der Waals surface area contributed by atoms with Crippen LogP contribution in [0.25, 0.3) is 0 Å². The van der Waals surface area contributed by atoms with Gasteiger partial charge < -0.3 is 0 Å². The zero-order chi connectivity index (χ0) is 27.9. The van der Waals surface area contributed by atoms with Crippen molar-refractivity contribution in [1.29, 1.82) is 0 Å². The van der Waals surface area contributed by atoms with Gasteiger partial charge in [-0.15, -0.1) is 10.6 Å². The maximum Gasteiger partial charge on any atom is 2.00 e. The van der Waals surface area contributed by atoms with Crippen LogP contribution in [0.2, 0.25) is 20.1 Å². The Kier molecular flexibility index (Phi) is 12.2. The molecule has 0 spiro atoms. The van der Waals surface area contributed by atoms with Gasteiger partial charge in [0.25, 0.3) is 0 Å². The summed E-state index contributed by atoms with van der Waals surface area (Å²) in [6, 6.07) is 49.5. The summed E-state index contributed by atoms with van der Waals surface area (Å²) in [6.07, 6.45) is 0. The Bertz CT molecular complexity index is 1380. The van der Waals surface area contributed by atoms with Gasteiger partial charge in [0.05, 0.1) is 0 Å². The van der Waals surface area contributed by atoms with Crippen molar-refractivity contribution in [1.82, 2.24) is 0 Å².